The summed E-state index contributed by atoms with van der Waals surface area (Å²) in [5.41, 5.74) is 0. The fraction of sp³-hybridized carbons (Fsp3) is 1.00. The predicted molar refractivity (Wildman–Crippen MR) is 30.1 cm³/mol. The number of nitrogens with one attached hydrogen (secondary N) is 1. The zero-order valence-electron chi connectivity index (χ0n) is 3.74. The Morgan fingerprint density at radius 2 is 2.33 bits per heavy atom. The third kappa shape index (κ3) is 1.64. The first-order valence-corrected chi connectivity index (χ1v) is 2.83. The first-order valence-electron chi connectivity index (χ1n) is 1.85. The van der Waals surface area contributed by atoms with Gasteiger partial charge in [-0.05, 0) is 6.42 Å². The molecule has 0 amide bonds. The number of hydrogen-bond donors (Lipinski definition) is 2. The monoisotopic (exact) mass is 106 g/mol. The van der Waals surface area contributed by atoms with Crippen LogP contribution in [0.15, 0.2) is 0 Å². The van der Waals surface area contributed by atoms with Crippen LogP contribution in [-0.2, 0) is 0 Å². The molecule has 0 aromatic heterocycles. The first kappa shape index (κ1) is 6.27. The lowest BCUT2D eigenvalue weighted by Crippen LogP contribution is -1.91. The van der Waals surface area contributed by atoms with Crippen LogP contribution in [0.25, 0.3) is 0 Å². The van der Waals surface area contributed by atoms with Gasteiger partial charge in [0.2, 0.25) is 0 Å². The lowest BCUT2D eigenvalue weighted by molar-refractivity contribution is 0.940. The van der Waals surface area contributed by atoms with E-state index >= 15 is 0 Å². The van der Waals surface area contributed by atoms with E-state index < -0.39 is 0 Å². The third-order valence-electron chi connectivity index (χ3n) is 0.627. The van der Waals surface area contributed by atoms with Gasteiger partial charge in [0, 0.05) is 12.3 Å². The van der Waals surface area contributed by atoms with Gasteiger partial charge >= 0.3 is 0 Å². The molecule has 1 aliphatic heterocycles. The summed E-state index contributed by atoms with van der Waals surface area (Å²) in [6, 6.07) is 0. The van der Waals surface area contributed by atoms with Gasteiger partial charge in [-0.2, -0.15) is 0 Å². The molecule has 38 valence electrons. The molecule has 4 N–H and O–H groups in total. The summed E-state index contributed by atoms with van der Waals surface area (Å²) in [7, 11) is 0. The molecule has 0 unspecified atom stereocenters. The quantitative estimate of drug-likeness (QED) is 0.449. The van der Waals surface area contributed by atoms with E-state index in [1.54, 1.807) is 0 Å². The minimum absolute atomic E-state index is 0. The van der Waals surface area contributed by atoms with E-state index in [9.17, 15) is 0 Å². The Morgan fingerprint density at radius 3 is 2.50 bits per heavy atom. The molecule has 0 atom stereocenters. The molecular weight excluding hydrogens is 96.1 g/mol. The maximum Gasteiger partial charge on any atom is 0.00910 e. The second-order valence-electron chi connectivity index (χ2n) is 1.10. The highest BCUT2D eigenvalue weighted by atomic mass is 32.2. The van der Waals surface area contributed by atoms with Crippen LogP contribution in [0.4, 0.5) is 0 Å². The molecule has 0 saturated carbocycles. The normalized spacial score (nSPS) is 20.0. The van der Waals surface area contributed by atoms with Crippen LogP contribution < -0.4 is 10.9 Å². The summed E-state index contributed by atoms with van der Waals surface area (Å²) in [6.45, 7) is 1.21. The summed E-state index contributed by atoms with van der Waals surface area (Å²) in [4.78, 5) is 0. The van der Waals surface area contributed by atoms with Crippen LogP contribution in [0.3, 0.4) is 0 Å². The molecule has 1 fully saturated rings. The second-order valence-corrected chi connectivity index (χ2v) is 2.08. The topological polar surface area (TPSA) is 47.0 Å². The molecule has 1 aliphatic rings. The van der Waals surface area contributed by atoms with Crippen molar-refractivity contribution in [1.29, 1.82) is 0 Å². The van der Waals surface area contributed by atoms with Crippen molar-refractivity contribution in [2.75, 3.05) is 12.3 Å². The lowest BCUT2D eigenvalue weighted by atomic mass is 10.5. The smallest absolute Gasteiger partial charge is 0.00910 e. The van der Waals surface area contributed by atoms with E-state index in [-0.39, 0.29) is 6.15 Å². The Hall–Kier alpha value is 0.270. The van der Waals surface area contributed by atoms with E-state index in [0.717, 1.165) is 0 Å². The van der Waals surface area contributed by atoms with Gasteiger partial charge in [-0.25, -0.2) is 0 Å². The molecule has 0 bridgehead atoms. The van der Waals surface area contributed by atoms with Crippen molar-refractivity contribution in [2.24, 2.45) is 0 Å². The molecule has 0 aromatic rings. The molecule has 3 heteroatoms. The second kappa shape index (κ2) is 3.46. The summed E-state index contributed by atoms with van der Waals surface area (Å²) < 4.78 is 3.14. The molecule has 0 aromatic carbocycles. The molecule has 0 radical (unpaired) electrons. The van der Waals surface area contributed by atoms with Crippen LogP contribution in [0.1, 0.15) is 6.42 Å². The largest absolute Gasteiger partial charge is 0.344 e. The molecule has 1 heterocycles. The zero-order valence-corrected chi connectivity index (χ0v) is 4.55. The van der Waals surface area contributed by atoms with Crippen molar-refractivity contribution in [3.8, 4) is 0 Å². The summed E-state index contributed by atoms with van der Waals surface area (Å²) in [5, 5.41) is 0. The first-order chi connectivity index (χ1) is 2.50. The zero-order chi connectivity index (χ0) is 3.54. The van der Waals surface area contributed by atoms with Gasteiger partial charge in [0.05, 0.1) is 0 Å². The minimum atomic E-state index is 0. The number of hydrogen-bond acceptors (Lipinski definition) is 3. The van der Waals surface area contributed by atoms with Gasteiger partial charge in [-0.15, -0.1) is 0 Å². The molecule has 6 heavy (non-hydrogen) atoms. The Morgan fingerprint density at radius 1 is 1.50 bits per heavy atom. The van der Waals surface area contributed by atoms with E-state index in [1.807, 2.05) is 11.9 Å². The Bertz CT molecular complexity index is 20.4. The van der Waals surface area contributed by atoms with Crippen LogP contribution >= 0.6 is 11.9 Å². The molecule has 0 aliphatic carbocycles. The Labute approximate surface area is 42.4 Å². The highest BCUT2D eigenvalue weighted by Crippen LogP contribution is 2.02. The van der Waals surface area contributed by atoms with Crippen molar-refractivity contribution >= 4 is 11.9 Å². The number of rotatable bonds is 0. The van der Waals surface area contributed by atoms with Gasteiger partial charge in [0.15, 0.2) is 0 Å². The van der Waals surface area contributed by atoms with E-state index in [0.29, 0.717) is 0 Å². The van der Waals surface area contributed by atoms with Crippen molar-refractivity contribution in [3.63, 3.8) is 0 Å². The van der Waals surface area contributed by atoms with Crippen molar-refractivity contribution in [2.45, 2.75) is 6.42 Å². The fourth-order valence-electron chi connectivity index (χ4n) is 0.361. The van der Waals surface area contributed by atoms with Crippen LogP contribution in [0.5, 0.6) is 0 Å². The maximum absolute atomic E-state index is 3.14. The van der Waals surface area contributed by atoms with Crippen molar-refractivity contribution in [1.82, 2.24) is 10.9 Å². The average Bonchev–Trinajstić information content (AvgIpc) is 1.76. The lowest BCUT2D eigenvalue weighted by Gasteiger charge is -1.75. The fourth-order valence-corrected chi connectivity index (χ4v) is 1.08. The summed E-state index contributed by atoms with van der Waals surface area (Å²) >= 11 is 1.82. The van der Waals surface area contributed by atoms with Crippen molar-refractivity contribution < 1.29 is 0 Å². The van der Waals surface area contributed by atoms with E-state index in [4.69, 9.17) is 0 Å². The highest BCUT2D eigenvalue weighted by molar-refractivity contribution is 7.97. The van der Waals surface area contributed by atoms with Gasteiger partial charge in [0.1, 0.15) is 0 Å². The standard InChI is InChI=1S/C3H7NS.H3N/c1-2-4-5-3-1;/h4H,1-3H2;1H3. The maximum atomic E-state index is 3.14. The molecule has 1 saturated heterocycles. The molecule has 1 rings (SSSR count). The van der Waals surface area contributed by atoms with Gasteiger partial charge in [-0.1, -0.05) is 11.9 Å². The van der Waals surface area contributed by atoms with Crippen LogP contribution in [0.2, 0.25) is 0 Å². The minimum Gasteiger partial charge on any atom is -0.344 e. The third-order valence-corrected chi connectivity index (χ3v) is 1.53. The molecular formula is C3H10N2S. The van der Waals surface area contributed by atoms with Gasteiger partial charge in [-0.3, -0.25) is 4.72 Å². The van der Waals surface area contributed by atoms with E-state index in [1.165, 1.54) is 18.7 Å². The SMILES string of the molecule is C1CNSC1.N. The van der Waals surface area contributed by atoms with E-state index in [2.05, 4.69) is 4.72 Å². The van der Waals surface area contributed by atoms with Crippen molar-refractivity contribution in [3.05, 3.63) is 0 Å². The Kier molecular flexibility index (Phi) is 3.62. The summed E-state index contributed by atoms with van der Waals surface area (Å²) in [6.07, 6.45) is 1.35. The van der Waals surface area contributed by atoms with Gasteiger partial charge in [0.25, 0.3) is 0 Å². The van der Waals surface area contributed by atoms with Crippen LogP contribution in [-0.4, -0.2) is 12.3 Å². The molecule has 2 nitrogen and oxygen atoms in total. The predicted octanol–water partition coefficient (Wildman–Crippen LogP) is 0.790. The Balaban J connectivity index is 0.000000250. The van der Waals surface area contributed by atoms with Crippen LogP contribution in [0, 0.1) is 0 Å². The van der Waals surface area contributed by atoms with Gasteiger partial charge < -0.3 is 6.15 Å². The average molecular weight is 106 g/mol. The molecule has 0 spiro atoms. The summed E-state index contributed by atoms with van der Waals surface area (Å²) in [5.74, 6) is 1.31. The highest BCUT2D eigenvalue weighted by Gasteiger charge is 1.94.